The zero-order chi connectivity index (χ0) is 17.9. The van der Waals surface area contributed by atoms with Gasteiger partial charge >= 0.3 is 0 Å². The molecule has 26 heavy (non-hydrogen) atoms. The number of hydrogen-bond acceptors (Lipinski definition) is 6. The fourth-order valence-electron chi connectivity index (χ4n) is 2.53. The Hall–Kier alpha value is -3.81. The number of aromatic amines is 1. The Morgan fingerprint density at radius 1 is 1.12 bits per heavy atom. The zero-order valence-electron chi connectivity index (χ0n) is 13.8. The van der Waals surface area contributed by atoms with Crippen LogP contribution in [0.2, 0.25) is 0 Å². The Morgan fingerprint density at radius 2 is 1.92 bits per heavy atom. The van der Waals surface area contributed by atoms with E-state index in [2.05, 4.69) is 25.0 Å². The summed E-state index contributed by atoms with van der Waals surface area (Å²) >= 11 is 0. The number of rotatable bonds is 4. The SMILES string of the molecule is COc1ccccc1C=Cc1nc2c(cnn2-c2ncccn2)c(=O)[nH]1. The fourth-order valence-corrected chi connectivity index (χ4v) is 2.53. The average Bonchev–Trinajstić information content (AvgIpc) is 3.12. The van der Waals surface area contributed by atoms with Gasteiger partial charge in [-0.1, -0.05) is 18.2 Å². The number of benzene rings is 1. The van der Waals surface area contributed by atoms with Crippen molar-refractivity contribution >= 4 is 23.2 Å². The van der Waals surface area contributed by atoms with Crippen molar-refractivity contribution in [2.75, 3.05) is 7.11 Å². The molecule has 0 spiro atoms. The highest BCUT2D eigenvalue weighted by atomic mass is 16.5. The second-order valence-electron chi connectivity index (χ2n) is 5.37. The van der Waals surface area contributed by atoms with E-state index in [-0.39, 0.29) is 5.56 Å². The summed E-state index contributed by atoms with van der Waals surface area (Å²) in [6, 6.07) is 9.27. The van der Waals surface area contributed by atoms with E-state index in [4.69, 9.17) is 4.74 Å². The van der Waals surface area contributed by atoms with Crippen LogP contribution in [0.15, 0.2) is 53.7 Å². The van der Waals surface area contributed by atoms with E-state index >= 15 is 0 Å². The van der Waals surface area contributed by atoms with Gasteiger partial charge in [0.05, 0.1) is 13.3 Å². The molecule has 0 atom stereocenters. The number of fused-ring (bicyclic) bond motifs is 1. The van der Waals surface area contributed by atoms with Crippen LogP contribution in [-0.2, 0) is 0 Å². The lowest BCUT2D eigenvalue weighted by molar-refractivity contribution is 0.414. The molecular formula is C18H14N6O2. The number of ether oxygens (including phenoxy) is 1. The Bertz CT molecular complexity index is 1150. The smallest absolute Gasteiger partial charge is 0.262 e. The van der Waals surface area contributed by atoms with Gasteiger partial charge in [-0.15, -0.1) is 0 Å². The molecule has 0 saturated carbocycles. The van der Waals surface area contributed by atoms with Crippen LogP contribution < -0.4 is 10.3 Å². The van der Waals surface area contributed by atoms with E-state index in [1.807, 2.05) is 30.3 Å². The van der Waals surface area contributed by atoms with Gasteiger partial charge in [-0.25, -0.2) is 15.0 Å². The van der Waals surface area contributed by atoms with Gasteiger partial charge in [0.1, 0.15) is 17.0 Å². The van der Waals surface area contributed by atoms with Crippen molar-refractivity contribution in [1.29, 1.82) is 0 Å². The minimum absolute atomic E-state index is 0.281. The molecule has 0 aliphatic rings. The normalized spacial score (nSPS) is 11.3. The molecular weight excluding hydrogens is 332 g/mol. The third kappa shape index (κ3) is 2.84. The van der Waals surface area contributed by atoms with Gasteiger partial charge in [-0.2, -0.15) is 9.78 Å². The number of nitrogens with one attached hydrogen (secondary N) is 1. The van der Waals surface area contributed by atoms with Crippen molar-refractivity contribution in [2.24, 2.45) is 0 Å². The highest BCUT2D eigenvalue weighted by molar-refractivity contribution is 5.77. The first-order chi connectivity index (χ1) is 12.8. The molecule has 4 aromatic rings. The first-order valence-corrected chi connectivity index (χ1v) is 7.83. The molecule has 0 aliphatic heterocycles. The van der Waals surface area contributed by atoms with E-state index in [0.29, 0.717) is 22.8 Å². The standard InChI is InChI=1S/C18H14N6O2/c1-26-14-6-3-2-5-12(14)7-8-15-22-16-13(17(25)23-15)11-21-24(16)18-19-9-4-10-20-18/h2-11H,1H3,(H,22,23,25). The molecule has 1 N–H and O–H groups in total. The van der Waals surface area contributed by atoms with Gasteiger partial charge in [0, 0.05) is 18.0 Å². The highest BCUT2D eigenvalue weighted by Crippen LogP contribution is 2.19. The number of methoxy groups -OCH3 is 1. The number of aromatic nitrogens is 6. The topological polar surface area (TPSA) is 98.6 Å². The molecule has 8 heteroatoms. The van der Waals surface area contributed by atoms with E-state index in [0.717, 1.165) is 11.3 Å². The maximum absolute atomic E-state index is 12.3. The van der Waals surface area contributed by atoms with Crippen molar-refractivity contribution in [1.82, 2.24) is 29.7 Å². The largest absolute Gasteiger partial charge is 0.496 e. The molecule has 3 heterocycles. The Morgan fingerprint density at radius 3 is 2.73 bits per heavy atom. The van der Waals surface area contributed by atoms with Gasteiger partial charge < -0.3 is 9.72 Å². The summed E-state index contributed by atoms with van der Waals surface area (Å²) in [7, 11) is 1.61. The Kier molecular flexibility index (Phi) is 3.98. The molecule has 8 nitrogen and oxygen atoms in total. The summed E-state index contributed by atoms with van der Waals surface area (Å²) in [5.74, 6) is 1.47. The summed E-state index contributed by atoms with van der Waals surface area (Å²) in [4.78, 5) is 27.8. The van der Waals surface area contributed by atoms with E-state index < -0.39 is 0 Å². The van der Waals surface area contributed by atoms with Gasteiger partial charge in [0.2, 0.25) is 0 Å². The average molecular weight is 346 g/mol. The lowest BCUT2D eigenvalue weighted by Crippen LogP contribution is -2.11. The van der Waals surface area contributed by atoms with Crippen molar-refractivity contribution in [3.8, 4) is 11.7 Å². The number of para-hydroxylation sites is 1. The van der Waals surface area contributed by atoms with Gasteiger partial charge in [0.15, 0.2) is 5.65 Å². The zero-order valence-corrected chi connectivity index (χ0v) is 13.8. The molecule has 0 fully saturated rings. The summed E-state index contributed by atoms with van der Waals surface area (Å²) < 4.78 is 6.75. The van der Waals surface area contributed by atoms with E-state index in [1.165, 1.54) is 10.9 Å². The van der Waals surface area contributed by atoms with Crippen LogP contribution in [0.3, 0.4) is 0 Å². The summed E-state index contributed by atoms with van der Waals surface area (Å²) in [6.07, 6.45) is 8.19. The third-order valence-electron chi connectivity index (χ3n) is 3.76. The summed E-state index contributed by atoms with van der Waals surface area (Å²) in [6.45, 7) is 0. The molecule has 0 unspecified atom stereocenters. The summed E-state index contributed by atoms with van der Waals surface area (Å²) in [5.41, 5.74) is 0.981. The predicted molar refractivity (Wildman–Crippen MR) is 97.0 cm³/mol. The molecule has 0 aliphatic carbocycles. The van der Waals surface area contributed by atoms with Crippen molar-refractivity contribution < 1.29 is 4.74 Å². The lowest BCUT2D eigenvalue weighted by Gasteiger charge is -2.03. The van der Waals surface area contributed by atoms with Crippen molar-refractivity contribution in [3.05, 3.63) is 70.7 Å². The number of nitrogens with zero attached hydrogens (tertiary/aromatic N) is 5. The van der Waals surface area contributed by atoms with E-state index in [9.17, 15) is 4.79 Å². The minimum Gasteiger partial charge on any atom is -0.496 e. The highest BCUT2D eigenvalue weighted by Gasteiger charge is 2.12. The molecule has 3 aromatic heterocycles. The Balaban J connectivity index is 1.79. The van der Waals surface area contributed by atoms with Crippen LogP contribution in [0.1, 0.15) is 11.4 Å². The van der Waals surface area contributed by atoms with Crippen LogP contribution in [-0.4, -0.2) is 36.8 Å². The lowest BCUT2D eigenvalue weighted by atomic mass is 10.2. The number of H-pyrrole nitrogens is 1. The molecule has 0 radical (unpaired) electrons. The van der Waals surface area contributed by atoms with Gasteiger partial charge in [-0.3, -0.25) is 4.79 Å². The van der Waals surface area contributed by atoms with E-state index in [1.54, 1.807) is 31.6 Å². The molecule has 4 rings (SSSR count). The van der Waals surface area contributed by atoms with Crippen LogP contribution in [0.5, 0.6) is 5.75 Å². The first-order valence-electron chi connectivity index (χ1n) is 7.83. The second kappa shape index (κ2) is 6.60. The van der Waals surface area contributed by atoms with Gasteiger partial charge in [0.25, 0.3) is 11.5 Å². The van der Waals surface area contributed by atoms with Crippen LogP contribution >= 0.6 is 0 Å². The monoisotopic (exact) mass is 346 g/mol. The molecule has 1 aromatic carbocycles. The number of hydrogen-bond donors (Lipinski definition) is 1. The molecule has 0 amide bonds. The first kappa shape index (κ1) is 15.7. The van der Waals surface area contributed by atoms with Crippen LogP contribution in [0, 0.1) is 0 Å². The molecule has 0 saturated heterocycles. The van der Waals surface area contributed by atoms with Crippen molar-refractivity contribution in [2.45, 2.75) is 0 Å². The quantitative estimate of drug-likeness (QED) is 0.607. The summed E-state index contributed by atoms with van der Waals surface area (Å²) in [5, 5.41) is 4.55. The Labute approximate surface area is 147 Å². The maximum atomic E-state index is 12.3. The molecule has 128 valence electrons. The van der Waals surface area contributed by atoms with Crippen LogP contribution in [0.25, 0.3) is 29.1 Å². The predicted octanol–water partition coefficient (Wildman–Crippen LogP) is 2.08. The fraction of sp³-hybridized carbons (Fsp3) is 0.0556. The van der Waals surface area contributed by atoms with Crippen molar-refractivity contribution in [3.63, 3.8) is 0 Å². The second-order valence-corrected chi connectivity index (χ2v) is 5.37. The third-order valence-corrected chi connectivity index (χ3v) is 3.76. The minimum atomic E-state index is -0.281. The maximum Gasteiger partial charge on any atom is 0.262 e. The van der Waals surface area contributed by atoms with Crippen LogP contribution in [0.4, 0.5) is 0 Å². The molecule has 0 bridgehead atoms. The van der Waals surface area contributed by atoms with Gasteiger partial charge in [-0.05, 0) is 24.3 Å².